The van der Waals surface area contributed by atoms with E-state index in [1.54, 1.807) is 0 Å². The maximum atomic E-state index is 11.9. The molecule has 88 valence electrons. The molecule has 3 nitrogen and oxygen atoms in total. The highest BCUT2D eigenvalue weighted by Gasteiger charge is 2.32. The fourth-order valence-electron chi connectivity index (χ4n) is 2.08. The molecule has 3 atom stereocenters. The second kappa shape index (κ2) is 5.39. The quantitative estimate of drug-likeness (QED) is 0.749. The first-order valence-corrected chi connectivity index (χ1v) is 5.33. The molecule has 1 aliphatic carbocycles. The summed E-state index contributed by atoms with van der Waals surface area (Å²) in [5, 5.41) is 2.26. The zero-order valence-electron chi connectivity index (χ0n) is 8.88. The van der Waals surface area contributed by atoms with Crippen molar-refractivity contribution < 1.29 is 13.6 Å². The molecule has 0 aromatic carbocycles. The van der Waals surface area contributed by atoms with Crippen molar-refractivity contribution in [3.8, 4) is 0 Å². The molecule has 3 N–H and O–H groups in total. The first kappa shape index (κ1) is 12.4. The van der Waals surface area contributed by atoms with Crippen molar-refractivity contribution in [1.29, 1.82) is 0 Å². The summed E-state index contributed by atoms with van der Waals surface area (Å²) < 4.78 is 23.8. The molecule has 0 spiro atoms. The van der Waals surface area contributed by atoms with E-state index in [4.69, 9.17) is 5.73 Å². The van der Waals surface area contributed by atoms with E-state index >= 15 is 0 Å². The van der Waals surface area contributed by atoms with Crippen LogP contribution in [0.3, 0.4) is 0 Å². The summed E-state index contributed by atoms with van der Waals surface area (Å²) in [6.07, 6.45) is 0.0867. The first-order chi connectivity index (χ1) is 7.02. The average Bonchev–Trinajstić information content (AvgIpc) is 2.18. The van der Waals surface area contributed by atoms with Gasteiger partial charge < -0.3 is 11.1 Å². The lowest BCUT2D eigenvalue weighted by molar-refractivity contribution is -0.128. The predicted octanol–water partition coefficient (Wildman–Crippen LogP) is 1.13. The maximum Gasteiger partial charge on any atom is 0.255 e. The van der Waals surface area contributed by atoms with Gasteiger partial charge in [0.15, 0.2) is 0 Å². The monoisotopic (exact) mass is 220 g/mol. The Morgan fingerprint density at radius 2 is 2.20 bits per heavy atom. The summed E-state index contributed by atoms with van der Waals surface area (Å²) in [6.45, 7) is 1.35. The molecule has 5 heteroatoms. The number of hydrogen-bond donors (Lipinski definition) is 2. The van der Waals surface area contributed by atoms with Crippen molar-refractivity contribution in [2.24, 2.45) is 17.6 Å². The number of amides is 1. The molecule has 1 fully saturated rings. The second-order valence-corrected chi connectivity index (χ2v) is 4.20. The van der Waals surface area contributed by atoms with Crippen molar-refractivity contribution in [2.45, 2.75) is 38.7 Å². The molecule has 0 saturated heterocycles. The van der Waals surface area contributed by atoms with Gasteiger partial charge in [0.25, 0.3) is 6.43 Å². The van der Waals surface area contributed by atoms with Crippen LogP contribution in [0.2, 0.25) is 0 Å². The zero-order chi connectivity index (χ0) is 11.4. The van der Waals surface area contributed by atoms with Crippen molar-refractivity contribution >= 4 is 5.91 Å². The van der Waals surface area contributed by atoms with E-state index in [0.29, 0.717) is 0 Å². The van der Waals surface area contributed by atoms with E-state index in [1.807, 2.05) is 6.92 Å². The van der Waals surface area contributed by atoms with Crippen LogP contribution in [0.25, 0.3) is 0 Å². The number of alkyl halides is 2. The van der Waals surface area contributed by atoms with Crippen LogP contribution in [0.1, 0.15) is 26.2 Å². The lowest BCUT2D eigenvalue weighted by Gasteiger charge is -2.32. The van der Waals surface area contributed by atoms with Gasteiger partial charge in [-0.2, -0.15) is 0 Å². The summed E-state index contributed by atoms with van der Waals surface area (Å²) >= 11 is 0. The van der Waals surface area contributed by atoms with E-state index in [1.165, 1.54) is 0 Å². The maximum absolute atomic E-state index is 11.9. The Kier molecular flexibility index (Phi) is 4.45. The molecule has 1 saturated carbocycles. The second-order valence-electron chi connectivity index (χ2n) is 4.20. The minimum absolute atomic E-state index is 0.0149. The SMILES string of the molecule is CC1C(N)CCCC1C(=O)NCC(F)F. The van der Waals surface area contributed by atoms with Crippen LogP contribution in [0.4, 0.5) is 8.78 Å². The zero-order valence-corrected chi connectivity index (χ0v) is 8.88. The third-order valence-electron chi connectivity index (χ3n) is 3.13. The highest BCUT2D eigenvalue weighted by molar-refractivity contribution is 5.79. The van der Waals surface area contributed by atoms with Gasteiger partial charge in [-0.25, -0.2) is 8.78 Å². The van der Waals surface area contributed by atoms with Crippen molar-refractivity contribution in [3.63, 3.8) is 0 Å². The molecule has 0 bridgehead atoms. The topological polar surface area (TPSA) is 55.1 Å². The number of nitrogens with two attached hydrogens (primary N) is 1. The third-order valence-corrected chi connectivity index (χ3v) is 3.13. The normalized spacial score (nSPS) is 31.7. The van der Waals surface area contributed by atoms with Crippen LogP contribution < -0.4 is 11.1 Å². The molecule has 1 amide bonds. The van der Waals surface area contributed by atoms with E-state index in [-0.39, 0.29) is 23.8 Å². The molecule has 15 heavy (non-hydrogen) atoms. The summed E-state index contributed by atoms with van der Waals surface area (Å²) in [4.78, 5) is 11.6. The molecular formula is C10H18F2N2O. The predicted molar refractivity (Wildman–Crippen MR) is 53.5 cm³/mol. The molecule has 0 radical (unpaired) electrons. The minimum atomic E-state index is -2.48. The van der Waals surface area contributed by atoms with Gasteiger partial charge in [-0.3, -0.25) is 4.79 Å². The largest absolute Gasteiger partial charge is 0.350 e. The molecule has 0 aromatic rings. The standard InChI is InChI=1S/C10H18F2N2O/c1-6-7(3-2-4-8(6)13)10(15)14-5-9(11)12/h6-9H,2-5,13H2,1H3,(H,14,15). The Morgan fingerprint density at radius 3 is 2.80 bits per heavy atom. The third kappa shape index (κ3) is 3.41. The lowest BCUT2D eigenvalue weighted by atomic mass is 9.77. The Bertz CT molecular complexity index is 223. The summed E-state index contributed by atoms with van der Waals surface area (Å²) in [5.41, 5.74) is 5.83. The minimum Gasteiger partial charge on any atom is -0.350 e. The average molecular weight is 220 g/mol. The Labute approximate surface area is 88.4 Å². The Morgan fingerprint density at radius 1 is 1.53 bits per heavy atom. The van der Waals surface area contributed by atoms with Crippen LogP contribution in [0.15, 0.2) is 0 Å². The fraction of sp³-hybridized carbons (Fsp3) is 0.900. The molecule has 0 aromatic heterocycles. The van der Waals surface area contributed by atoms with Gasteiger partial charge in [0.2, 0.25) is 5.91 Å². The van der Waals surface area contributed by atoms with Crippen LogP contribution in [0, 0.1) is 11.8 Å². The van der Waals surface area contributed by atoms with E-state index < -0.39 is 13.0 Å². The number of carbonyl (C=O) groups excluding carboxylic acids is 1. The number of hydrogen-bond acceptors (Lipinski definition) is 2. The van der Waals surface area contributed by atoms with Crippen molar-refractivity contribution in [2.75, 3.05) is 6.54 Å². The molecule has 3 unspecified atom stereocenters. The molecule has 1 aliphatic rings. The summed E-state index contributed by atoms with van der Waals surface area (Å²) in [5.74, 6) is -0.401. The molecule has 0 aliphatic heterocycles. The number of halogens is 2. The lowest BCUT2D eigenvalue weighted by Crippen LogP contribution is -2.45. The molecule has 1 rings (SSSR count). The number of rotatable bonds is 3. The van der Waals surface area contributed by atoms with Crippen LogP contribution in [0.5, 0.6) is 0 Å². The van der Waals surface area contributed by atoms with Crippen LogP contribution >= 0.6 is 0 Å². The van der Waals surface area contributed by atoms with Crippen LogP contribution in [-0.2, 0) is 4.79 Å². The Hall–Kier alpha value is -0.710. The van der Waals surface area contributed by atoms with Gasteiger partial charge >= 0.3 is 0 Å². The summed E-state index contributed by atoms with van der Waals surface area (Å²) in [7, 11) is 0. The molecule has 0 heterocycles. The van der Waals surface area contributed by atoms with Gasteiger partial charge in [0.05, 0.1) is 6.54 Å². The molecular weight excluding hydrogens is 202 g/mol. The van der Waals surface area contributed by atoms with Gasteiger partial charge in [0.1, 0.15) is 0 Å². The van der Waals surface area contributed by atoms with E-state index in [2.05, 4.69) is 5.32 Å². The van der Waals surface area contributed by atoms with Crippen molar-refractivity contribution in [1.82, 2.24) is 5.32 Å². The van der Waals surface area contributed by atoms with Gasteiger partial charge in [-0.1, -0.05) is 13.3 Å². The number of nitrogens with one attached hydrogen (secondary N) is 1. The van der Waals surface area contributed by atoms with E-state index in [9.17, 15) is 13.6 Å². The van der Waals surface area contributed by atoms with Gasteiger partial charge in [-0.05, 0) is 18.8 Å². The van der Waals surface area contributed by atoms with E-state index in [0.717, 1.165) is 19.3 Å². The van der Waals surface area contributed by atoms with Crippen molar-refractivity contribution in [3.05, 3.63) is 0 Å². The Balaban J connectivity index is 2.43. The van der Waals surface area contributed by atoms with Gasteiger partial charge in [0, 0.05) is 12.0 Å². The summed E-state index contributed by atoms with van der Waals surface area (Å²) in [6, 6.07) is 0.0149. The smallest absolute Gasteiger partial charge is 0.255 e. The fourth-order valence-corrected chi connectivity index (χ4v) is 2.08. The number of carbonyl (C=O) groups is 1. The highest BCUT2D eigenvalue weighted by Crippen LogP contribution is 2.28. The van der Waals surface area contributed by atoms with Crippen LogP contribution in [-0.4, -0.2) is 24.9 Å². The first-order valence-electron chi connectivity index (χ1n) is 5.33. The highest BCUT2D eigenvalue weighted by atomic mass is 19.3. The van der Waals surface area contributed by atoms with Gasteiger partial charge in [-0.15, -0.1) is 0 Å².